The van der Waals surface area contributed by atoms with Crippen LogP contribution in [0.2, 0.25) is 0 Å². The molecule has 3 rings (SSSR count). The molecule has 0 atom stereocenters. The lowest BCUT2D eigenvalue weighted by molar-refractivity contribution is 0.475. The molecule has 0 bridgehead atoms. The van der Waals surface area contributed by atoms with Gasteiger partial charge in [-0.25, -0.2) is 9.97 Å². The highest BCUT2D eigenvalue weighted by atomic mass is 79.9. The molecule has 0 aliphatic carbocycles. The van der Waals surface area contributed by atoms with Gasteiger partial charge in [-0.1, -0.05) is 31.9 Å². The molecule has 0 unspecified atom stereocenters. The minimum absolute atomic E-state index is 0.151. The zero-order valence-corrected chi connectivity index (χ0v) is 13.9. The third-order valence-electron chi connectivity index (χ3n) is 3.11. The topological polar surface area (TPSA) is 132 Å². The Kier molecular flexibility index (Phi) is 3.65. The first-order valence-corrected chi connectivity index (χ1v) is 8.23. The van der Waals surface area contributed by atoms with Crippen LogP contribution in [0.25, 0.3) is 21.8 Å². The SMILES string of the molecule is O=c1[nH]c(CBr)nc2c(O)c3c(=O)[nH]c(CBr)nc3c(O)c12. The highest BCUT2D eigenvalue weighted by Crippen LogP contribution is 2.36. The summed E-state index contributed by atoms with van der Waals surface area (Å²) in [7, 11) is 0. The molecule has 114 valence electrons. The van der Waals surface area contributed by atoms with Crippen molar-refractivity contribution in [1.82, 2.24) is 19.9 Å². The van der Waals surface area contributed by atoms with Crippen LogP contribution >= 0.6 is 31.9 Å². The summed E-state index contributed by atoms with van der Waals surface area (Å²) in [6, 6.07) is 0. The molecule has 22 heavy (non-hydrogen) atoms. The molecule has 0 saturated heterocycles. The number of benzene rings is 1. The van der Waals surface area contributed by atoms with Crippen molar-refractivity contribution in [2.45, 2.75) is 10.7 Å². The second-order valence-corrected chi connectivity index (χ2v) is 5.56. The predicted octanol–water partition coefficient (Wildman–Crippen LogP) is 1.36. The van der Waals surface area contributed by atoms with Crippen molar-refractivity contribution in [3.63, 3.8) is 0 Å². The fourth-order valence-corrected chi connectivity index (χ4v) is 2.72. The molecule has 1 aromatic carbocycles. The van der Waals surface area contributed by atoms with Gasteiger partial charge >= 0.3 is 0 Å². The van der Waals surface area contributed by atoms with Crippen LogP contribution in [0.4, 0.5) is 0 Å². The fraction of sp³-hybridized carbons (Fsp3) is 0.167. The van der Waals surface area contributed by atoms with E-state index in [9.17, 15) is 19.8 Å². The van der Waals surface area contributed by atoms with Crippen molar-refractivity contribution in [2.75, 3.05) is 0 Å². The number of fused-ring (bicyclic) bond motifs is 2. The average molecular weight is 432 g/mol. The Balaban J connectivity index is 2.64. The van der Waals surface area contributed by atoms with Crippen LogP contribution in [0.1, 0.15) is 11.6 Å². The van der Waals surface area contributed by atoms with Gasteiger partial charge in [0, 0.05) is 0 Å². The van der Waals surface area contributed by atoms with Gasteiger partial charge in [0.1, 0.15) is 33.5 Å². The lowest BCUT2D eigenvalue weighted by Crippen LogP contribution is -2.15. The van der Waals surface area contributed by atoms with Crippen LogP contribution in [0.3, 0.4) is 0 Å². The zero-order valence-electron chi connectivity index (χ0n) is 10.8. The molecular formula is C12H8Br2N4O4. The van der Waals surface area contributed by atoms with E-state index < -0.39 is 22.6 Å². The number of hydrogen-bond acceptors (Lipinski definition) is 6. The molecule has 0 fully saturated rings. The van der Waals surface area contributed by atoms with Crippen LogP contribution in [0.5, 0.6) is 11.5 Å². The first-order chi connectivity index (χ1) is 10.5. The van der Waals surface area contributed by atoms with Crippen LogP contribution in [0, 0.1) is 0 Å². The van der Waals surface area contributed by atoms with Gasteiger partial charge in [0.25, 0.3) is 11.1 Å². The number of phenolic OH excluding ortho intramolecular Hbond substituents is 2. The molecule has 0 aliphatic rings. The monoisotopic (exact) mass is 430 g/mol. The predicted molar refractivity (Wildman–Crippen MR) is 86.9 cm³/mol. The quantitative estimate of drug-likeness (QED) is 0.275. The number of aromatic nitrogens is 4. The summed E-state index contributed by atoms with van der Waals surface area (Å²) in [5.74, 6) is -0.474. The van der Waals surface area contributed by atoms with Gasteiger partial charge in [-0.2, -0.15) is 0 Å². The van der Waals surface area contributed by atoms with E-state index in [0.29, 0.717) is 0 Å². The third kappa shape index (κ3) is 2.10. The molecular weight excluding hydrogens is 424 g/mol. The van der Waals surface area contributed by atoms with Crippen molar-refractivity contribution in [3.05, 3.63) is 32.4 Å². The van der Waals surface area contributed by atoms with Crippen LogP contribution in [0.15, 0.2) is 9.59 Å². The summed E-state index contributed by atoms with van der Waals surface area (Å²) < 4.78 is 0. The van der Waals surface area contributed by atoms with Crippen LogP contribution in [-0.2, 0) is 10.7 Å². The molecule has 0 saturated carbocycles. The summed E-state index contributed by atoms with van der Waals surface area (Å²) in [5, 5.41) is 20.7. The van der Waals surface area contributed by atoms with E-state index in [1.165, 1.54) is 0 Å². The second-order valence-electron chi connectivity index (χ2n) is 4.44. The van der Waals surface area contributed by atoms with E-state index in [0.717, 1.165) is 0 Å². The number of rotatable bonds is 2. The number of aromatic hydroxyl groups is 2. The van der Waals surface area contributed by atoms with E-state index in [4.69, 9.17) is 0 Å². The first kappa shape index (κ1) is 15.0. The van der Waals surface area contributed by atoms with Crippen LogP contribution < -0.4 is 11.1 Å². The van der Waals surface area contributed by atoms with E-state index in [2.05, 4.69) is 51.8 Å². The number of nitrogens with zero attached hydrogens (tertiary/aromatic N) is 2. The standard InChI is InChI=1S/C12H8Br2N4O4/c13-1-3-15-7-5(11(21)17-3)10(20)8-6(9(7)19)12(22)18-4(2-14)16-8/h19-20H,1-2H2,(H,15,17,21)(H,16,18,22). The summed E-state index contributed by atoms with van der Waals surface area (Å²) in [5.41, 5.74) is -1.56. The Hall–Kier alpha value is -1.94. The average Bonchev–Trinajstić information content (AvgIpc) is 2.51. The van der Waals surface area contributed by atoms with Gasteiger partial charge in [-0.05, 0) is 0 Å². The maximum Gasteiger partial charge on any atom is 0.262 e. The molecule has 0 spiro atoms. The Morgan fingerprint density at radius 1 is 0.818 bits per heavy atom. The van der Waals surface area contributed by atoms with Gasteiger partial charge in [-0.3, -0.25) is 9.59 Å². The molecule has 8 nitrogen and oxygen atoms in total. The van der Waals surface area contributed by atoms with E-state index in [1.54, 1.807) is 0 Å². The minimum atomic E-state index is -0.628. The van der Waals surface area contributed by atoms with Crippen molar-refractivity contribution in [3.8, 4) is 11.5 Å². The number of alkyl halides is 2. The Labute approximate surface area is 138 Å². The Morgan fingerprint density at radius 3 is 1.50 bits per heavy atom. The van der Waals surface area contributed by atoms with Crippen molar-refractivity contribution >= 4 is 53.7 Å². The number of aromatic amines is 2. The van der Waals surface area contributed by atoms with Gasteiger partial charge < -0.3 is 20.2 Å². The summed E-state index contributed by atoms with van der Waals surface area (Å²) in [4.78, 5) is 37.2. The molecule has 2 aromatic heterocycles. The molecule has 0 amide bonds. The number of phenols is 2. The van der Waals surface area contributed by atoms with Gasteiger partial charge in [0.15, 0.2) is 11.5 Å². The summed E-state index contributed by atoms with van der Waals surface area (Å²) >= 11 is 6.28. The van der Waals surface area contributed by atoms with Gasteiger partial charge in [0.05, 0.1) is 10.7 Å². The molecule has 3 aromatic rings. The Bertz CT molecular complexity index is 944. The zero-order chi connectivity index (χ0) is 16.0. The number of nitrogens with one attached hydrogen (secondary N) is 2. The number of halogens is 2. The number of hydrogen-bond donors (Lipinski definition) is 4. The number of H-pyrrole nitrogens is 2. The summed E-state index contributed by atoms with van der Waals surface area (Å²) in [6.07, 6.45) is 0. The van der Waals surface area contributed by atoms with Crippen molar-refractivity contribution in [2.24, 2.45) is 0 Å². The normalized spacial score (nSPS) is 11.4. The third-order valence-corrected chi connectivity index (χ3v) is 4.17. The molecule has 0 aliphatic heterocycles. The molecule has 10 heteroatoms. The van der Waals surface area contributed by atoms with Crippen LogP contribution in [-0.4, -0.2) is 30.1 Å². The smallest absolute Gasteiger partial charge is 0.262 e. The first-order valence-electron chi connectivity index (χ1n) is 5.99. The van der Waals surface area contributed by atoms with E-state index >= 15 is 0 Å². The minimum Gasteiger partial charge on any atom is -0.505 e. The maximum absolute atomic E-state index is 12.1. The molecule has 4 N–H and O–H groups in total. The van der Waals surface area contributed by atoms with Gasteiger partial charge in [-0.15, -0.1) is 0 Å². The van der Waals surface area contributed by atoms with E-state index in [-0.39, 0.29) is 44.1 Å². The second kappa shape index (κ2) is 5.36. The van der Waals surface area contributed by atoms with Gasteiger partial charge in [0.2, 0.25) is 0 Å². The van der Waals surface area contributed by atoms with E-state index in [1.807, 2.05) is 0 Å². The maximum atomic E-state index is 12.1. The largest absolute Gasteiger partial charge is 0.505 e. The summed E-state index contributed by atoms with van der Waals surface area (Å²) in [6.45, 7) is 0. The lowest BCUT2D eigenvalue weighted by atomic mass is 10.1. The molecule has 2 heterocycles. The molecule has 0 radical (unpaired) electrons. The fourth-order valence-electron chi connectivity index (χ4n) is 2.19. The highest BCUT2D eigenvalue weighted by molar-refractivity contribution is 9.08. The highest BCUT2D eigenvalue weighted by Gasteiger charge is 2.21. The Morgan fingerprint density at radius 2 is 1.18 bits per heavy atom. The van der Waals surface area contributed by atoms with Crippen molar-refractivity contribution in [1.29, 1.82) is 0 Å². The van der Waals surface area contributed by atoms with Crippen molar-refractivity contribution < 1.29 is 10.2 Å². The lowest BCUT2D eigenvalue weighted by Gasteiger charge is -2.09.